The van der Waals surface area contributed by atoms with E-state index < -0.39 is 0 Å². The number of aromatic nitrogens is 3. The molecule has 0 aliphatic carbocycles. The molecule has 0 saturated carbocycles. The molecule has 2 heterocycles. The summed E-state index contributed by atoms with van der Waals surface area (Å²) in [6, 6.07) is 5.93. The van der Waals surface area contributed by atoms with Gasteiger partial charge in [-0.05, 0) is 32.0 Å². The third-order valence-electron chi connectivity index (χ3n) is 3.06. The van der Waals surface area contributed by atoms with E-state index in [1.54, 1.807) is 18.5 Å². The first kappa shape index (κ1) is 15.2. The normalized spacial score (nSPS) is 12.1. The van der Waals surface area contributed by atoms with Gasteiger partial charge < -0.3 is 10.6 Å². The Kier molecular flexibility index (Phi) is 5.45. The molecule has 2 rings (SSSR count). The number of carbonyl (C=O) groups excluding carboxylic acids is 1. The predicted octanol–water partition coefficient (Wildman–Crippen LogP) is 1.66. The summed E-state index contributed by atoms with van der Waals surface area (Å²) in [4.78, 5) is 15.7. The number of rotatable bonds is 7. The van der Waals surface area contributed by atoms with Crippen molar-refractivity contribution in [2.24, 2.45) is 0 Å². The molecule has 0 bridgehead atoms. The van der Waals surface area contributed by atoms with Crippen molar-refractivity contribution >= 4 is 11.6 Å². The van der Waals surface area contributed by atoms with Crippen LogP contribution >= 0.6 is 0 Å². The number of anilines is 1. The number of H-pyrrole nitrogens is 1. The predicted molar refractivity (Wildman–Crippen MR) is 82.0 cm³/mol. The summed E-state index contributed by atoms with van der Waals surface area (Å²) in [7, 11) is 0. The van der Waals surface area contributed by atoms with Gasteiger partial charge in [0.15, 0.2) is 0 Å². The number of hydrogen-bond donors (Lipinski definition) is 3. The lowest BCUT2D eigenvalue weighted by molar-refractivity contribution is -0.116. The minimum Gasteiger partial charge on any atom is -0.325 e. The molecule has 0 aromatic carbocycles. The highest BCUT2D eigenvalue weighted by atomic mass is 16.1. The van der Waals surface area contributed by atoms with Gasteiger partial charge in [0.2, 0.25) is 5.91 Å². The molecule has 0 saturated heterocycles. The Morgan fingerprint density at radius 2 is 2.33 bits per heavy atom. The summed E-state index contributed by atoms with van der Waals surface area (Å²) in [5.41, 5.74) is 2.82. The summed E-state index contributed by atoms with van der Waals surface area (Å²) in [6.07, 6.45) is 4.58. The van der Waals surface area contributed by atoms with Crippen molar-refractivity contribution in [3.63, 3.8) is 0 Å². The van der Waals surface area contributed by atoms with E-state index >= 15 is 0 Å². The van der Waals surface area contributed by atoms with Crippen LogP contribution in [0.1, 0.15) is 24.7 Å². The maximum Gasteiger partial charge on any atom is 0.225 e. The second-order valence-electron chi connectivity index (χ2n) is 5.14. The highest BCUT2D eigenvalue weighted by Crippen LogP contribution is 2.04. The molecule has 21 heavy (non-hydrogen) atoms. The summed E-state index contributed by atoms with van der Waals surface area (Å²) in [6.45, 7) is 4.71. The van der Waals surface area contributed by atoms with E-state index in [1.807, 2.05) is 19.1 Å². The van der Waals surface area contributed by atoms with Crippen LogP contribution in [0.15, 0.2) is 30.6 Å². The van der Waals surface area contributed by atoms with Gasteiger partial charge in [-0.25, -0.2) is 0 Å². The summed E-state index contributed by atoms with van der Waals surface area (Å²) in [5.74, 6) is -0.0155. The smallest absolute Gasteiger partial charge is 0.225 e. The fourth-order valence-electron chi connectivity index (χ4n) is 2.06. The molecule has 6 heteroatoms. The highest BCUT2D eigenvalue weighted by molar-refractivity contribution is 5.90. The Morgan fingerprint density at radius 1 is 1.48 bits per heavy atom. The van der Waals surface area contributed by atoms with E-state index in [1.165, 1.54) is 0 Å². The van der Waals surface area contributed by atoms with Crippen molar-refractivity contribution in [2.45, 2.75) is 32.7 Å². The van der Waals surface area contributed by atoms with Crippen molar-refractivity contribution in [2.75, 3.05) is 11.9 Å². The van der Waals surface area contributed by atoms with Crippen molar-refractivity contribution in [1.82, 2.24) is 20.5 Å². The van der Waals surface area contributed by atoms with E-state index in [0.717, 1.165) is 23.5 Å². The first-order chi connectivity index (χ1) is 10.1. The van der Waals surface area contributed by atoms with Crippen LogP contribution in [0.25, 0.3) is 0 Å². The quantitative estimate of drug-likeness (QED) is 0.723. The van der Waals surface area contributed by atoms with E-state index in [4.69, 9.17) is 0 Å². The number of aryl methyl sites for hydroxylation is 1. The van der Waals surface area contributed by atoms with Crippen LogP contribution in [0.2, 0.25) is 0 Å². The Hall–Kier alpha value is -2.21. The number of nitrogens with zero attached hydrogens (tertiary/aromatic N) is 2. The van der Waals surface area contributed by atoms with Crippen molar-refractivity contribution in [3.05, 3.63) is 42.0 Å². The Bertz CT molecular complexity index is 566. The molecular formula is C15H21N5O. The number of amides is 1. The molecule has 0 unspecified atom stereocenters. The van der Waals surface area contributed by atoms with Gasteiger partial charge in [-0.15, -0.1) is 0 Å². The van der Waals surface area contributed by atoms with Crippen LogP contribution in [0.3, 0.4) is 0 Å². The van der Waals surface area contributed by atoms with Gasteiger partial charge >= 0.3 is 0 Å². The minimum atomic E-state index is -0.0155. The molecule has 2 aromatic heterocycles. The van der Waals surface area contributed by atoms with E-state index in [0.29, 0.717) is 13.0 Å². The zero-order chi connectivity index (χ0) is 15.1. The molecular weight excluding hydrogens is 266 g/mol. The topological polar surface area (TPSA) is 82.7 Å². The van der Waals surface area contributed by atoms with Crippen LogP contribution in [0.4, 0.5) is 5.69 Å². The summed E-state index contributed by atoms with van der Waals surface area (Å²) >= 11 is 0. The number of pyridine rings is 1. The molecule has 1 amide bonds. The average molecular weight is 287 g/mol. The zero-order valence-electron chi connectivity index (χ0n) is 12.4. The average Bonchev–Trinajstić information content (AvgIpc) is 2.85. The summed E-state index contributed by atoms with van der Waals surface area (Å²) in [5, 5.41) is 13.3. The number of carbonyl (C=O) groups is 1. The molecule has 0 spiro atoms. The minimum absolute atomic E-state index is 0.0155. The molecule has 0 radical (unpaired) electrons. The van der Waals surface area contributed by atoms with Crippen LogP contribution in [0, 0.1) is 6.92 Å². The number of nitrogens with one attached hydrogen (secondary N) is 3. The Morgan fingerprint density at radius 3 is 3.00 bits per heavy atom. The third-order valence-corrected chi connectivity index (χ3v) is 3.06. The van der Waals surface area contributed by atoms with Crippen molar-refractivity contribution < 1.29 is 4.79 Å². The van der Waals surface area contributed by atoms with Crippen LogP contribution < -0.4 is 10.6 Å². The lowest BCUT2D eigenvalue weighted by Crippen LogP contribution is -2.31. The fourth-order valence-corrected chi connectivity index (χ4v) is 2.06. The fraction of sp³-hybridized carbons (Fsp3) is 0.400. The third kappa shape index (κ3) is 5.35. The van der Waals surface area contributed by atoms with Gasteiger partial charge in [-0.2, -0.15) is 5.10 Å². The van der Waals surface area contributed by atoms with Gasteiger partial charge in [-0.1, -0.05) is 0 Å². The molecule has 1 atom stereocenters. The second kappa shape index (κ2) is 7.54. The van der Waals surface area contributed by atoms with Gasteiger partial charge in [0.05, 0.1) is 17.6 Å². The van der Waals surface area contributed by atoms with Gasteiger partial charge in [0.1, 0.15) is 0 Å². The molecule has 0 aliphatic heterocycles. The van der Waals surface area contributed by atoms with Crippen LogP contribution in [0.5, 0.6) is 0 Å². The van der Waals surface area contributed by atoms with Crippen LogP contribution in [-0.4, -0.2) is 33.7 Å². The molecule has 2 aromatic rings. The first-order valence-corrected chi connectivity index (χ1v) is 7.07. The van der Waals surface area contributed by atoms with E-state index in [2.05, 4.69) is 32.7 Å². The standard InChI is InChI=1S/C15H21N5O/c1-11(8-14-9-12(2)19-20-14)17-7-5-15(21)18-13-4-3-6-16-10-13/h3-4,6,9-11,17H,5,7-8H2,1-2H3,(H,18,21)(H,19,20)/t11-/m1/s1. The van der Waals surface area contributed by atoms with Crippen molar-refractivity contribution in [3.8, 4) is 0 Å². The van der Waals surface area contributed by atoms with Crippen LogP contribution in [-0.2, 0) is 11.2 Å². The second-order valence-corrected chi connectivity index (χ2v) is 5.14. The van der Waals surface area contributed by atoms with Gasteiger partial charge in [0, 0.05) is 37.3 Å². The largest absolute Gasteiger partial charge is 0.325 e. The first-order valence-electron chi connectivity index (χ1n) is 7.07. The van der Waals surface area contributed by atoms with E-state index in [9.17, 15) is 4.79 Å². The molecule has 112 valence electrons. The van der Waals surface area contributed by atoms with E-state index in [-0.39, 0.29) is 11.9 Å². The maximum atomic E-state index is 11.8. The van der Waals surface area contributed by atoms with Gasteiger partial charge in [-0.3, -0.25) is 14.9 Å². The lowest BCUT2D eigenvalue weighted by Gasteiger charge is -2.12. The lowest BCUT2D eigenvalue weighted by atomic mass is 10.1. The number of aromatic amines is 1. The maximum absolute atomic E-state index is 11.8. The van der Waals surface area contributed by atoms with Crippen molar-refractivity contribution in [1.29, 1.82) is 0 Å². The van der Waals surface area contributed by atoms with Gasteiger partial charge in [0.25, 0.3) is 0 Å². The number of hydrogen-bond acceptors (Lipinski definition) is 4. The SMILES string of the molecule is Cc1cc(C[C@@H](C)NCCC(=O)Nc2cccnc2)n[nH]1. The molecule has 0 aliphatic rings. The Balaban J connectivity index is 1.65. The molecule has 3 N–H and O–H groups in total. The Labute approximate surface area is 124 Å². The summed E-state index contributed by atoms with van der Waals surface area (Å²) < 4.78 is 0. The molecule has 6 nitrogen and oxygen atoms in total. The monoisotopic (exact) mass is 287 g/mol. The highest BCUT2D eigenvalue weighted by Gasteiger charge is 2.07. The zero-order valence-corrected chi connectivity index (χ0v) is 12.4. The molecule has 0 fully saturated rings.